The highest BCUT2D eigenvalue weighted by molar-refractivity contribution is 5.99. The molecular weight excluding hydrogens is 478 g/mol. The molecule has 0 spiro atoms. The average Bonchev–Trinajstić information content (AvgIpc) is 2.83. The van der Waals surface area contributed by atoms with Crippen molar-refractivity contribution in [2.75, 3.05) is 11.9 Å². The van der Waals surface area contributed by atoms with Gasteiger partial charge in [0.25, 0.3) is 5.91 Å². The molecule has 3 unspecified atom stereocenters. The molecule has 0 aromatic heterocycles. The van der Waals surface area contributed by atoms with E-state index in [1.807, 2.05) is 84.0 Å². The Hall–Kier alpha value is -3.35. The van der Waals surface area contributed by atoms with E-state index in [-0.39, 0.29) is 17.7 Å². The SMILES string of the molecule is CCCN(C(=O)C(NC(=O)OC(C)(C)C)C(C)CC)C(C(=O)Nc1ccccc1C)c1c(C)cccc1C. The Morgan fingerprint density at radius 1 is 0.921 bits per heavy atom. The summed E-state index contributed by atoms with van der Waals surface area (Å²) in [5.41, 5.74) is 3.56. The maximum atomic E-state index is 14.3. The molecule has 0 bridgehead atoms. The van der Waals surface area contributed by atoms with E-state index in [4.69, 9.17) is 4.74 Å². The van der Waals surface area contributed by atoms with Gasteiger partial charge in [-0.25, -0.2) is 4.79 Å². The number of anilines is 1. The molecule has 2 rings (SSSR count). The van der Waals surface area contributed by atoms with Gasteiger partial charge in [0.15, 0.2) is 0 Å². The fourth-order valence-corrected chi connectivity index (χ4v) is 4.51. The minimum absolute atomic E-state index is 0.174. The first kappa shape index (κ1) is 30.9. The van der Waals surface area contributed by atoms with Gasteiger partial charge in [0.05, 0.1) is 0 Å². The van der Waals surface area contributed by atoms with Gasteiger partial charge in [-0.3, -0.25) is 9.59 Å². The minimum atomic E-state index is -0.879. The summed E-state index contributed by atoms with van der Waals surface area (Å²) in [6.07, 6.45) is 0.653. The summed E-state index contributed by atoms with van der Waals surface area (Å²) < 4.78 is 5.48. The Morgan fingerprint density at radius 3 is 2.03 bits per heavy atom. The number of aryl methyl sites for hydroxylation is 3. The van der Waals surface area contributed by atoms with Crippen molar-refractivity contribution in [1.29, 1.82) is 0 Å². The average molecular weight is 524 g/mol. The summed E-state index contributed by atoms with van der Waals surface area (Å²) >= 11 is 0. The van der Waals surface area contributed by atoms with Gasteiger partial charge in [-0.05, 0) is 82.2 Å². The molecule has 0 aliphatic rings. The summed E-state index contributed by atoms with van der Waals surface area (Å²) in [5, 5.41) is 5.88. The predicted octanol–water partition coefficient (Wildman–Crippen LogP) is 6.47. The summed E-state index contributed by atoms with van der Waals surface area (Å²) in [7, 11) is 0. The maximum absolute atomic E-state index is 14.3. The first-order chi connectivity index (χ1) is 17.8. The van der Waals surface area contributed by atoms with Crippen molar-refractivity contribution in [3.63, 3.8) is 0 Å². The Balaban J connectivity index is 2.60. The minimum Gasteiger partial charge on any atom is -0.444 e. The number of benzene rings is 2. The lowest BCUT2D eigenvalue weighted by molar-refractivity contribution is -0.142. The predicted molar refractivity (Wildman–Crippen MR) is 153 cm³/mol. The monoisotopic (exact) mass is 523 g/mol. The van der Waals surface area contributed by atoms with Crippen LogP contribution in [0.1, 0.15) is 82.7 Å². The molecule has 0 saturated heterocycles. The third-order valence-corrected chi connectivity index (χ3v) is 6.68. The van der Waals surface area contributed by atoms with E-state index in [1.54, 1.807) is 25.7 Å². The van der Waals surface area contributed by atoms with Gasteiger partial charge in [-0.2, -0.15) is 0 Å². The molecule has 208 valence electrons. The second-order valence-corrected chi connectivity index (χ2v) is 11.1. The number of rotatable bonds is 10. The van der Waals surface area contributed by atoms with Gasteiger partial charge in [-0.15, -0.1) is 0 Å². The number of hydrogen-bond donors (Lipinski definition) is 2. The van der Waals surface area contributed by atoms with Crippen LogP contribution in [-0.2, 0) is 14.3 Å². The molecular formula is C31H45N3O4. The maximum Gasteiger partial charge on any atom is 0.408 e. The fourth-order valence-electron chi connectivity index (χ4n) is 4.51. The first-order valence-corrected chi connectivity index (χ1v) is 13.5. The molecule has 0 saturated carbocycles. The zero-order valence-corrected chi connectivity index (χ0v) is 24.5. The smallest absolute Gasteiger partial charge is 0.408 e. The van der Waals surface area contributed by atoms with Crippen LogP contribution in [0.25, 0.3) is 0 Å². The quantitative estimate of drug-likeness (QED) is 0.374. The van der Waals surface area contributed by atoms with E-state index in [1.165, 1.54) is 0 Å². The molecule has 7 nitrogen and oxygen atoms in total. The van der Waals surface area contributed by atoms with Crippen molar-refractivity contribution in [3.8, 4) is 0 Å². The van der Waals surface area contributed by atoms with Gasteiger partial charge in [0.2, 0.25) is 5.91 Å². The number of nitrogens with zero attached hydrogens (tertiary/aromatic N) is 1. The number of alkyl carbamates (subject to hydrolysis) is 1. The van der Waals surface area contributed by atoms with Crippen LogP contribution in [0.5, 0.6) is 0 Å². The van der Waals surface area contributed by atoms with Crippen LogP contribution < -0.4 is 10.6 Å². The van der Waals surface area contributed by atoms with E-state index in [0.717, 1.165) is 22.3 Å². The Kier molecular flexibility index (Phi) is 10.9. The van der Waals surface area contributed by atoms with E-state index < -0.39 is 23.8 Å². The molecule has 2 N–H and O–H groups in total. The van der Waals surface area contributed by atoms with Gasteiger partial charge >= 0.3 is 6.09 Å². The molecule has 0 fully saturated rings. The van der Waals surface area contributed by atoms with Crippen molar-refractivity contribution in [2.45, 2.75) is 92.8 Å². The largest absolute Gasteiger partial charge is 0.444 e. The Bertz CT molecular complexity index is 1100. The molecule has 0 heterocycles. The van der Waals surface area contributed by atoms with Crippen LogP contribution in [0.2, 0.25) is 0 Å². The van der Waals surface area contributed by atoms with Crippen LogP contribution in [0.4, 0.5) is 10.5 Å². The number of carbonyl (C=O) groups excluding carboxylic acids is 3. The van der Waals surface area contributed by atoms with E-state index in [0.29, 0.717) is 25.1 Å². The van der Waals surface area contributed by atoms with Crippen LogP contribution in [-0.4, -0.2) is 41.0 Å². The molecule has 2 aromatic carbocycles. The number of para-hydroxylation sites is 1. The third kappa shape index (κ3) is 8.07. The van der Waals surface area contributed by atoms with Crippen LogP contribution in [0, 0.1) is 26.7 Å². The van der Waals surface area contributed by atoms with Crippen LogP contribution in [0.3, 0.4) is 0 Å². The van der Waals surface area contributed by atoms with Gasteiger partial charge in [-0.1, -0.05) is 63.6 Å². The first-order valence-electron chi connectivity index (χ1n) is 13.5. The highest BCUT2D eigenvalue weighted by atomic mass is 16.6. The molecule has 38 heavy (non-hydrogen) atoms. The topological polar surface area (TPSA) is 87.7 Å². The molecule has 3 atom stereocenters. The number of nitrogens with one attached hydrogen (secondary N) is 2. The zero-order chi connectivity index (χ0) is 28.6. The standard InChI is InChI=1S/C31H45N3O4/c1-10-19-34(29(36)26(20(3)11-2)33-30(37)38-31(7,8)9)27(25-22(5)16-14-17-23(25)6)28(35)32-24-18-13-12-15-21(24)4/h12-18,20,26-27H,10-11,19H2,1-9H3,(H,32,35)(H,33,37). The Labute approximate surface area is 228 Å². The lowest BCUT2D eigenvalue weighted by Crippen LogP contribution is -2.55. The number of ether oxygens (including phenoxy) is 1. The number of amides is 3. The van der Waals surface area contributed by atoms with Gasteiger partial charge < -0.3 is 20.3 Å². The summed E-state index contributed by atoms with van der Waals surface area (Å²) in [6.45, 7) is 17.4. The Morgan fingerprint density at radius 2 is 1.50 bits per heavy atom. The van der Waals surface area contributed by atoms with E-state index in [2.05, 4.69) is 10.6 Å². The van der Waals surface area contributed by atoms with Crippen molar-refractivity contribution in [1.82, 2.24) is 10.2 Å². The highest BCUT2D eigenvalue weighted by Crippen LogP contribution is 2.31. The molecule has 7 heteroatoms. The second-order valence-electron chi connectivity index (χ2n) is 11.1. The summed E-state index contributed by atoms with van der Waals surface area (Å²) in [4.78, 5) is 42.7. The molecule has 2 aromatic rings. The second kappa shape index (κ2) is 13.4. The zero-order valence-electron chi connectivity index (χ0n) is 24.5. The van der Waals surface area contributed by atoms with Crippen molar-refractivity contribution in [2.24, 2.45) is 5.92 Å². The molecule has 3 amide bonds. The normalized spacial score (nSPS) is 13.7. The van der Waals surface area contributed by atoms with E-state index >= 15 is 0 Å². The fraction of sp³-hybridized carbons (Fsp3) is 0.516. The van der Waals surface area contributed by atoms with Gasteiger partial charge in [0.1, 0.15) is 17.7 Å². The van der Waals surface area contributed by atoms with Gasteiger partial charge in [0, 0.05) is 12.2 Å². The molecule has 0 radical (unpaired) electrons. The number of hydrogen-bond acceptors (Lipinski definition) is 4. The summed E-state index contributed by atoms with van der Waals surface area (Å²) in [6, 6.07) is 11.7. The van der Waals surface area contributed by atoms with Crippen molar-refractivity contribution in [3.05, 3.63) is 64.7 Å². The van der Waals surface area contributed by atoms with Crippen LogP contribution in [0.15, 0.2) is 42.5 Å². The lowest BCUT2D eigenvalue weighted by Gasteiger charge is -2.37. The van der Waals surface area contributed by atoms with E-state index in [9.17, 15) is 14.4 Å². The van der Waals surface area contributed by atoms with Crippen molar-refractivity contribution >= 4 is 23.6 Å². The molecule has 0 aliphatic carbocycles. The number of carbonyl (C=O) groups is 3. The lowest BCUT2D eigenvalue weighted by atomic mass is 9.91. The van der Waals surface area contributed by atoms with Crippen LogP contribution >= 0.6 is 0 Å². The third-order valence-electron chi connectivity index (χ3n) is 6.68. The highest BCUT2D eigenvalue weighted by Gasteiger charge is 2.39. The molecule has 0 aliphatic heterocycles. The van der Waals surface area contributed by atoms with Crippen molar-refractivity contribution < 1.29 is 19.1 Å². The summed E-state index contributed by atoms with van der Waals surface area (Å²) in [5.74, 6) is -0.772.